The Hall–Kier alpha value is -2.08. The Morgan fingerprint density at radius 2 is 1.91 bits per heavy atom. The van der Waals surface area contributed by atoms with E-state index < -0.39 is 16.8 Å². The second-order valence-corrected chi connectivity index (χ2v) is 7.01. The largest absolute Gasteiger partial charge is 0.493 e. The molecule has 0 radical (unpaired) electrons. The topological polar surface area (TPSA) is 76.7 Å². The lowest BCUT2D eigenvalue weighted by atomic mass is 10.0. The predicted octanol–water partition coefficient (Wildman–Crippen LogP) is 3.43. The number of rotatable bonds is 8. The van der Waals surface area contributed by atoms with Crippen molar-refractivity contribution >= 4 is 16.8 Å². The van der Waals surface area contributed by atoms with Crippen LogP contribution >= 0.6 is 0 Å². The van der Waals surface area contributed by atoms with Crippen LogP contribution in [0.25, 0.3) is 0 Å². The quantitative estimate of drug-likeness (QED) is 0.799. The molecular weight excluding hydrogens is 316 g/mol. The molecule has 0 saturated heterocycles. The monoisotopic (exact) mass is 336 g/mol. The minimum absolute atomic E-state index is 0.140. The summed E-state index contributed by atoms with van der Waals surface area (Å²) in [5.41, 5.74) is 1.24. The van der Waals surface area contributed by atoms with Gasteiger partial charge in [-0.15, -0.1) is 0 Å². The molecule has 1 atom stereocenters. The highest BCUT2D eigenvalue weighted by Gasteiger charge is 2.11. The molecule has 0 bridgehead atoms. The van der Waals surface area contributed by atoms with Crippen LogP contribution in [-0.4, -0.2) is 27.6 Å². The summed E-state index contributed by atoms with van der Waals surface area (Å²) in [6, 6.07) is 10.8. The molecule has 0 saturated carbocycles. The lowest BCUT2D eigenvalue weighted by molar-refractivity contribution is 0.0660. The number of hydrogen-bond donors (Lipinski definition) is 1. The van der Waals surface area contributed by atoms with E-state index in [4.69, 9.17) is 14.3 Å². The second-order valence-electron chi connectivity index (χ2n) is 5.43. The first kappa shape index (κ1) is 17.3. The van der Waals surface area contributed by atoms with Gasteiger partial charge in [0.05, 0.1) is 18.1 Å². The van der Waals surface area contributed by atoms with Crippen molar-refractivity contribution in [3.8, 4) is 5.75 Å². The fourth-order valence-electron chi connectivity index (χ4n) is 2.00. The summed E-state index contributed by atoms with van der Waals surface area (Å²) in [4.78, 5) is 10.7. The fourth-order valence-corrected chi connectivity index (χ4v) is 2.89. The Morgan fingerprint density at radius 3 is 2.48 bits per heavy atom. The standard InChI is InChI=1S/C17H20O5S/c1-12(2)13-3-5-14(6-4-13)21-9-10-23(20)11-15-7-8-16(22-15)17(18)19/h3-8,12H,9-11H2,1-2H3,(H,18,19). The number of carbonyl (C=O) groups is 1. The first-order chi connectivity index (χ1) is 11.0. The molecule has 0 aliphatic heterocycles. The van der Waals surface area contributed by atoms with E-state index in [0.717, 1.165) is 5.75 Å². The van der Waals surface area contributed by atoms with Gasteiger partial charge in [-0.2, -0.15) is 0 Å². The van der Waals surface area contributed by atoms with Crippen LogP contribution in [0.4, 0.5) is 0 Å². The summed E-state index contributed by atoms with van der Waals surface area (Å²) in [7, 11) is -1.17. The minimum Gasteiger partial charge on any atom is -0.493 e. The number of hydrogen-bond acceptors (Lipinski definition) is 4. The molecule has 6 heteroatoms. The van der Waals surface area contributed by atoms with Crippen molar-refractivity contribution in [3.05, 3.63) is 53.5 Å². The van der Waals surface area contributed by atoms with Crippen molar-refractivity contribution in [3.63, 3.8) is 0 Å². The smallest absolute Gasteiger partial charge is 0.371 e. The van der Waals surface area contributed by atoms with Gasteiger partial charge in [0.15, 0.2) is 0 Å². The summed E-state index contributed by atoms with van der Waals surface area (Å²) < 4.78 is 22.6. The second kappa shape index (κ2) is 7.97. The van der Waals surface area contributed by atoms with Gasteiger partial charge in [0.2, 0.25) is 5.76 Å². The number of aromatic carboxylic acids is 1. The Kier molecular flexibility index (Phi) is 5.98. The predicted molar refractivity (Wildman–Crippen MR) is 88.4 cm³/mol. The van der Waals surface area contributed by atoms with E-state index in [1.54, 1.807) is 0 Å². The van der Waals surface area contributed by atoms with Crippen LogP contribution in [0.5, 0.6) is 5.75 Å². The first-order valence-electron chi connectivity index (χ1n) is 7.35. The molecule has 1 unspecified atom stereocenters. The van der Waals surface area contributed by atoms with E-state index in [-0.39, 0.29) is 11.5 Å². The highest BCUT2D eigenvalue weighted by molar-refractivity contribution is 7.84. The first-order valence-corrected chi connectivity index (χ1v) is 8.84. The third-order valence-corrected chi connectivity index (χ3v) is 4.53. The van der Waals surface area contributed by atoms with Gasteiger partial charge < -0.3 is 14.3 Å². The molecule has 2 rings (SSSR count). The van der Waals surface area contributed by atoms with E-state index in [1.165, 1.54) is 17.7 Å². The number of carboxylic acids is 1. The molecule has 0 aliphatic rings. The molecule has 23 heavy (non-hydrogen) atoms. The maximum Gasteiger partial charge on any atom is 0.371 e. The van der Waals surface area contributed by atoms with E-state index in [1.807, 2.05) is 24.3 Å². The van der Waals surface area contributed by atoms with Crippen LogP contribution in [0.1, 0.15) is 41.6 Å². The van der Waals surface area contributed by atoms with Gasteiger partial charge in [-0.3, -0.25) is 4.21 Å². The fraction of sp³-hybridized carbons (Fsp3) is 0.353. The van der Waals surface area contributed by atoms with Crippen molar-refractivity contribution in [1.29, 1.82) is 0 Å². The Bertz CT molecular complexity index is 673. The molecule has 1 aromatic carbocycles. The Labute approximate surface area is 137 Å². The molecule has 1 heterocycles. The molecule has 0 aliphatic carbocycles. The van der Waals surface area contributed by atoms with Crippen molar-refractivity contribution in [2.45, 2.75) is 25.5 Å². The highest BCUT2D eigenvalue weighted by atomic mass is 32.2. The molecule has 0 fully saturated rings. The lowest BCUT2D eigenvalue weighted by Crippen LogP contribution is -2.10. The Balaban J connectivity index is 1.76. The number of benzene rings is 1. The third-order valence-electron chi connectivity index (χ3n) is 3.30. The van der Waals surface area contributed by atoms with E-state index in [9.17, 15) is 9.00 Å². The zero-order valence-electron chi connectivity index (χ0n) is 13.2. The van der Waals surface area contributed by atoms with Gasteiger partial charge in [-0.05, 0) is 35.7 Å². The van der Waals surface area contributed by atoms with E-state index in [0.29, 0.717) is 24.0 Å². The summed E-state index contributed by atoms with van der Waals surface area (Å²) in [5, 5.41) is 8.76. The molecular formula is C17H20O5S. The van der Waals surface area contributed by atoms with Crippen molar-refractivity contribution in [2.75, 3.05) is 12.4 Å². The van der Waals surface area contributed by atoms with Crippen LogP contribution < -0.4 is 4.74 Å². The average Bonchev–Trinajstić information content (AvgIpc) is 2.96. The number of carboxylic acid groups (broad SMARTS) is 1. The van der Waals surface area contributed by atoms with Crippen LogP contribution in [-0.2, 0) is 16.6 Å². The Morgan fingerprint density at radius 1 is 1.22 bits per heavy atom. The summed E-state index contributed by atoms with van der Waals surface area (Å²) >= 11 is 0. The zero-order chi connectivity index (χ0) is 16.8. The van der Waals surface area contributed by atoms with Gasteiger partial charge in [0, 0.05) is 10.8 Å². The molecule has 5 nitrogen and oxygen atoms in total. The summed E-state index contributed by atoms with van der Waals surface area (Å²) in [6.07, 6.45) is 0. The SMILES string of the molecule is CC(C)c1ccc(OCCS(=O)Cc2ccc(C(=O)O)o2)cc1. The van der Waals surface area contributed by atoms with E-state index >= 15 is 0 Å². The van der Waals surface area contributed by atoms with Gasteiger partial charge >= 0.3 is 5.97 Å². The molecule has 0 amide bonds. The highest BCUT2D eigenvalue weighted by Crippen LogP contribution is 2.18. The van der Waals surface area contributed by atoms with Crippen molar-refractivity contribution in [2.24, 2.45) is 0 Å². The molecule has 0 spiro atoms. The van der Waals surface area contributed by atoms with Gasteiger partial charge in [-0.1, -0.05) is 26.0 Å². The molecule has 1 aromatic heterocycles. The van der Waals surface area contributed by atoms with Gasteiger partial charge in [0.1, 0.15) is 11.5 Å². The maximum absolute atomic E-state index is 11.9. The zero-order valence-corrected chi connectivity index (χ0v) is 14.0. The van der Waals surface area contributed by atoms with Gasteiger partial charge in [0.25, 0.3) is 0 Å². The normalized spacial score (nSPS) is 12.3. The summed E-state index contributed by atoms with van der Waals surface area (Å²) in [5.74, 6) is 0.895. The van der Waals surface area contributed by atoms with Crippen LogP contribution in [0, 0.1) is 0 Å². The minimum atomic E-state index is -1.17. The lowest BCUT2D eigenvalue weighted by Gasteiger charge is -2.08. The third kappa shape index (κ3) is 5.25. The van der Waals surface area contributed by atoms with E-state index in [2.05, 4.69) is 13.8 Å². The van der Waals surface area contributed by atoms with Crippen molar-refractivity contribution < 1.29 is 23.3 Å². The van der Waals surface area contributed by atoms with Crippen LogP contribution in [0.2, 0.25) is 0 Å². The molecule has 124 valence electrons. The van der Waals surface area contributed by atoms with Crippen LogP contribution in [0.15, 0.2) is 40.8 Å². The van der Waals surface area contributed by atoms with Gasteiger partial charge in [-0.25, -0.2) is 4.79 Å². The average molecular weight is 336 g/mol. The summed E-state index contributed by atoms with van der Waals surface area (Å²) in [6.45, 7) is 4.59. The van der Waals surface area contributed by atoms with Crippen molar-refractivity contribution in [1.82, 2.24) is 0 Å². The number of ether oxygens (including phenoxy) is 1. The molecule has 2 aromatic rings. The van der Waals surface area contributed by atoms with Crippen LogP contribution in [0.3, 0.4) is 0 Å². The maximum atomic E-state index is 11.9. The molecule has 1 N–H and O–H groups in total. The number of furan rings is 1.